The topological polar surface area (TPSA) is 70.7 Å². The van der Waals surface area contributed by atoms with Crippen molar-refractivity contribution >= 4 is 46.2 Å². The molecular formula is C21H23N3O3S2. The minimum Gasteiger partial charge on any atom is -0.466 e. The average molecular weight is 430 g/mol. The van der Waals surface area contributed by atoms with Crippen LogP contribution in [-0.2, 0) is 9.53 Å². The van der Waals surface area contributed by atoms with Gasteiger partial charge in [-0.1, -0.05) is 25.1 Å². The Morgan fingerprint density at radius 1 is 1.24 bits per heavy atom. The maximum atomic E-state index is 12.6. The molecule has 0 spiro atoms. The molecule has 1 aliphatic rings. The summed E-state index contributed by atoms with van der Waals surface area (Å²) in [6.45, 7) is 4.65. The summed E-state index contributed by atoms with van der Waals surface area (Å²) in [5.74, 6) is -0.526. The number of amides is 1. The van der Waals surface area contributed by atoms with E-state index < -0.39 is 6.04 Å². The number of nitrogens with one attached hydrogen (secondary N) is 2. The molecule has 29 heavy (non-hydrogen) atoms. The van der Waals surface area contributed by atoms with E-state index in [1.165, 1.54) is 18.4 Å². The highest BCUT2D eigenvalue weighted by Crippen LogP contribution is 2.33. The molecular weight excluding hydrogens is 406 g/mol. The molecule has 1 aromatic carbocycles. The van der Waals surface area contributed by atoms with Crippen LogP contribution >= 0.6 is 23.6 Å². The van der Waals surface area contributed by atoms with Gasteiger partial charge in [-0.3, -0.25) is 4.79 Å². The molecule has 0 saturated carbocycles. The summed E-state index contributed by atoms with van der Waals surface area (Å²) < 4.78 is 5.06. The maximum Gasteiger partial charge on any atom is 0.337 e. The van der Waals surface area contributed by atoms with Crippen LogP contribution in [0.5, 0.6) is 0 Å². The normalized spacial score (nSPS) is 16.4. The zero-order chi connectivity index (χ0) is 21.0. The molecule has 0 fully saturated rings. The Kier molecular flexibility index (Phi) is 6.66. The molecule has 8 heteroatoms. The first-order chi connectivity index (χ1) is 14.0. The third-order valence-electron chi connectivity index (χ3n) is 4.74. The van der Waals surface area contributed by atoms with Gasteiger partial charge in [-0.15, -0.1) is 11.3 Å². The number of hydrogen-bond donors (Lipinski definition) is 2. The van der Waals surface area contributed by atoms with Crippen molar-refractivity contribution in [2.75, 3.05) is 19.0 Å². The van der Waals surface area contributed by atoms with Crippen molar-refractivity contribution < 1.29 is 14.3 Å². The van der Waals surface area contributed by atoms with Gasteiger partial charge in [0, 0.05) is 17.9 Å². The molecule has 152 valence electrons. The first-order valence-electron chi connectivity index (χ1n) is 9.34. The molecule has 6 nitrogen and oxygen atoms in total. The van der Waals surface area contributed by atoms with Crippen LogP contribution in [-0.4, -0.2) is 35.5 Å². The van der Waals surface area contributed by atoms with E-state index in [2.05, 4.69) is 10.6 Å². The lowest BCUT2D eigenvalue weighted by Gasteiger charge is -2.38. The van der Waals surface area contributed by atoms with E-state index in [1.807, 2.05) is 54.5 Å². The van der Waals surface area contributed by atoms with Crippen molar-refractivity contribution in [3.05, 3.63) is 63.5 Å². The van der Waals surface area contributed by atoms with Crippen LogP contribution in [0.2, 0.25) is 0 Å². The minimum atomic E-state index is -0.408. The molecule has 0 radical (unpaired) electrons. The number of ether oxygens (including phenoxy) is 1. The molecule has 1 amide bonds. The van der Waals surface area contributed by atoms with Gasteiger partial charge in [-0.05, 0) is 54.7 Å². The number of rotatable bonds is 6. The zero-order valence-corrected chi connectivity index (χ0v) is 18.2. The van der Waals surface area contributed by atoms with E-state index in [-0.39, 0.29) is 11.9 Å². The molecule has 2 heterocycles. The van der Waals surface area contributed by atoms with Crippen molar-refractivity contribution in [2.24, 2.45) is 0 Å². The largest absolute Gasteiger partial charge is 0.466 e. The molecule has 1 atom stereocenters. The van der Waals surface area contributed by atoms with Crippen LogP contribution in [0.15, 0.2) is 53.0 Å². The molecule has 0 bridgehead atoms. The highest BCUT2D eigenvalue weighted by atomic mass is 32.1. The van der Waals surface area contributed by atoms with E-state index in [9.17, 15) is 9.59 Å². The van der Waals surface area contributed by atoms with Gasteiger partial charge in [0.2, 0.25) is 0 Å². The lowest BCUT2D eigenvalue weighted by atomic mass is 9.93. The predicted octanol–water partition coefficient (Wildman–Crippen LogP) is 4.09. The van der Waals surface area contributed by atoms with Gasteiger partial charge >= 0.3 is 5.97 Å². The molecule has 2 aromatic rings. The summed E-state index contributed by atoms with van der Waals surface area (Å²) in [5, 5.41) is 8.58. The van der Waals surface area contributed by atoms with E-state index in [4.69, 9.17) is 17.0 Å². The van der Waals surface area contributed by atoms with Crippen LogP contribution in [0.25, 0.3) is 0 Å². The number of thiocarbonyl (C=S) groups is 1. The molecule has 1 aromatic heterocycles. The van der Waals surface area contributed by atoms with E-state index >= 15 is 0 Å². The number of benzene rings is 1. The third-order valence-corrected chi connectivity index (χ3v) is 5.95. The number of thiophene rings is 1. The number of allylic oxidation sites excluding steroid dienone is 1. The first-order valence-corrected chi connectivity index (χ1v) is 10.6. The summed E-state index contributed by atoms with van der Waals surface area (Å²) in [6, 6.07) is 10.6. The van der Waals surface area contributed by atoms with Gasteiger partial charge in [-0.25, -0.2) is 4.79 Å². The first kappa shape index (κ1) is 21.0. The van der Waals surface area contributed by atoms with Crippen LogP contribution in [0, 0.1) is 0 Å². The molecule has 1 aliphatic heterocycles. The lowest BCUT2D eigenvalue weighted by molar-refractivity contribution is -0.136. The number of nitrogens with zero attached hydrogens (tertiary/aromatic N) is 1. The van der Waals surface area contributed by atoms with Gasteiger partial charge in [0.1, 0.15) is 0 Å². The number of carbonyl (C=O) groups excluding carboxylic acids is 2. The van der Waals surface area contributed by atoms with Crippen LogP contribution in [0.4, 0.5) is 5.69 Å². The number of carbonyl (C=O) groups is 2. The quantitative estimate of drug-likeness (QED) is 0.532. The van der Waals surface area contributed by atoms with Gasteiger partial charge in [0.25, 0.3) is 5.91 Å². The Balaban J connectivity index is 1.90. The molecule has 3 rings (SSSR count). The Hall–Kier alpha value is -2.71. The predicted molar refractivity (Wildman–Crippen MR) is 119 cm³/mol. The fourth-order valence-electron chi connectivity index (χ4n) is 3.38. The van der Waals surface area contributed by atoms with Crippen LogP contribution < -0.4 is 10.6 Å². The van der Waals surface area contributed by atoms with Crippen LogP contribution in [0.3, 0.4) is 0 Å². The van der Waals surface area contributed by atoms with Gasteiger partial charge < -0.3 is 20.3 Å². The standard InChI is InChI=1S/C21H23N3O3S2/c1-4-15-17(20(26)27-3)18(23-21(28)24(15)5-2)13-8-10-14(11-9-13)22-19(25)16-7-6-12-29-16/h6-12,18H,4-5H2,1-3H3,(H,22,25)(H,23,28). The second kappa shape index (κ2) is 9.19. The van der Waals surface area contributed by atoms with E-state index in [1.54, 1.807) is 6.07 Å². The summed E-state index contributed by atoms with van der Waals surface area (Å²) in [7, 11) is 1.38. The summed E-state index contributed by atoms with van der Waals surface area (Å²) in [4.78, 5) is 27.4. The van der Waals surface area contributed by atoms with E-state index in [0.29, 0.717) is 34.2 Å². The van der Waals surface area contributed by atoms with Gasteiger partial charge in [-0.2, -0.15) is 0 Å². The highest BCUT2D eigenvalue weighted by molar-refractivity contribution is 7.80. The van der Waals surface area contributed by atoms with Crippen molar-refractivity contribution in [3.8, 4) is 0 Å². The van der Waals surface area contributed by atoms with E-state index in [0.717, 1.165) is 11.3 Å². The summed E-state index contributed by atoms with van der Waals surface area (Å²) >= 11 is 6.91. The van der Waals surface area contributed by atoms with Crippen molar-refractivity contribution in [1.82, 2.24) is 10.2 Å². The fraction of sp³-hybridized carbons (Fsp3) is 0.286. The molecule has 1 unspecified atom stereocenters. The fourth-order valence-corrected chi connectivity index (χ4v) is 4.35. The summed E-state index contributed by atoms with van der Waals surface area (Å²) in [6.07, 6.45) is 0.658. The van der Waals surface area contributed by atoms with Crippen molar-refractivity contribution in [1.29, 1.82) is 0 Å². The minimum absolute atomic E-state index is 0.147. The second-order valence-electron chi connectivity index (χ2n) is 6.39. The van der Waals surface area contributed by atoms with Crippen molar-refractivity contribution in [3.63, 3.8) is 0 Å². The molecule has 0 saturated heterocycles. The number of anilines is 1. The Labute approximate surface area is 179 Å². The Bertz CT molecular complexity index is 937. The number of hydrogen-bond acceptors (Lipinski definition) is 5. The van der Waals surface area contributed by atoms with Crippen LogP contribution in [0.1, 0.15) is 41.5 Å². The zero-order valence-electron chi connectivity index (χ0n) is 16.5. The third kappa shape index (κ3) is 4.33. The second-order valence-corrected chi connectivity index (χ2v) is 7.72. The maximum absolute atomic E-state index is 12.6. The molecule has 0 aliphatic carbocycles. The Morgan fingerprint density at radius 2 is 1.97 bits per heavy atom. The SMILES string of the molecule is CCC1=C(C(=O)OC)C(c2ccc(NC(=O)c3cccs3)cc2)NC(=S)N1CC. The number of esters is 1. The van der Waals surface area contributed by atoms with Crippen molar-refractivity contribution in [2.45, 2.75) is 26.3 Å². The number of methoxy groups -OCH3 is 1. The average Bonchev–Trinajstić information content (AvgIpc) is 3.28. The molecule has 2 N–H and O–H groups in total. The highest BCUT2D eigenvalue weighted by Gasteiger charge is 2.34. The monoisotopic (exact) mass is 429 g/mol. The smallest absolute Gasteiger partial charge is 0.337 e. The Morgan fingerprint density at radius 3 is 2.52 bits per heavy atom. The lowest BCUT2D eigenvalue weighted by Crippen LogP contribution is -2.48. The summed E-state index contributed by atoms with van der Waals surface area (Å²) in [5.41, 5.74) is 2.97. The van der Waals surface area contributed by atoms with Gasteiger partial charge in [0.05, 0.1) is 23.6 Å². The van der Waals surface area contributed by atoms with Gasteiger partial charge in [0.15, 0.2) is 5.11 Å².